The molecule has 12 heavy (non-hydrogen) atoms. The maximum atomic E-state index is 11.5. The fourth-order valence-electron chi connectivity index (χ4n) is 0.551. The molecule has 1 unspecified atom stereocenters. The zero-order valence-electron chi connectivity index (χ0n) is 6.60. The summed E-state index contributed by atoms with van der Waals surface area (Å²) in [5.74, 6) is 0. The molecular weight excluding hydrogens is 177 g/mol. The van der Waals surface area contributed by atoms with Crippen molar-refractivity contribution >= 4 is 0 Å². The van der Waals surface area contributed by atoms with Crippen LogP contribution in [0, 0.1) is 0 Å². The van der Waals surface area contributed by atoms with E-state index in [0.29, 0.717) is 0 Å². The van der Waals surface area contributed by atoms with Crippen LogP contribution in [-0.4, -0.2) is 44.3 Å². The molecule has 1 atom stereocenters. The molecule has 0 amide bonds. The molecule has 0 spiro atoms. The number of hydrogen-bond donors (Lipinski definition) is 1. The van der Waals surface area contributed by atoms with Gasteiger partial charge in [0.25, 0.3) is 0 Å². The molecule has 0 aliphatic carbocycles. The SMILES string of the molecule is COCC(O)COCC(F)(F)F. The van der Waals surface area contributed by atoms with Crippen LogP contribution in [0.15, 0.2) is 0 Å². The predicted octanol–water partition coefficient (Wildman–Crippen LogP) is 0.573. The number of hydrogen-bond acceptors (Lipinski definition) is 3. The van der Waals surface area contributed by atoms with Crippen LogP contribution in [-0.2, 0) is 9.47 Å². The minimum atomic E-state index is -4.34. The van der Waals surface area contributed by atoms with Crippen LogP contribution in [0.2, 0.25) is 0 Å². The first-order chi connectivity index (χ1) is 5.45. The molecule has 0 saturated carbocycles. The molecule has 0 aliphatic rings. The molecule has 3 nitrogen and oxygen atoms in total. The second-order valence-corrected chi connectivity index (χ2v) is 2.24. The lowest BCUT2D eigenvalue weighted by Crippen LogP contribution is -2.25. The van der Waals surface area contributed by atoms with Gasteiger partial charge in [-0.15, -0.1) is 0 Å². The molecule has 0 aromatic heterocycles. The average Bonchev–Trinajstić information content (AvgIpc) is 1.84. The molecule has 0 bridgehead atoms. The molecule has 6 heteroatoms. The third-order valence-corrected chi connectivity index (χ3v) is 0.935. The minimum Gasteiger partial charge on any atom is -0.388 e. The lowest BCUT2D eigenvalue weighted by molar-refractivity contribution is -0.180. The summed E-state index contributed by atoms with van der Waals surface area (Å²) in [6.45, 7) is -1.74. The summed E-state index contributed by atoms with van der Waals surface area (Å²) in [6.07, 6.45) is -5.34. The summed E-state index contributed by atoms with van der Waals surface area (Å²) >= 11 is 0. The van der Waals surface area contributed by atoms with Gasteiger partial charge in [-0.2, -0.15) is 13.2 Å². The van der Waals surface area contributed by atoms with E-state index >= 15 is 0 Å². The van der Waals surface area contributed by atoms with Crippen LogP contribution >= 0.6 is 0 Å². The summed E-state index contributed by atoms with van der Waals surface area (Å²) in [4.78, 5) is 0. The molecular formula is C6H11F3O3. The van der Waals surface area contributed by atoms with Crippen molar-refractivity contribution in [1.82, 2.24) is 0 Å². The molecule has 0 aromatic rings. The Balaban J connectivity index is 3.31. The zero-order valence-corrected chi connectivity index (χ0v) is 6.60. The van der Waals surface area contributed by atoms with E-state index in [1.807, 2.05) is 0 Å². The van der Waals surface area contributed by atoms with Gasteiger partial charge in [0.2, 0.25) is 0 Å². The number of alkyl halides is 3. The van der Waals surface area contributed by atoms with Crippen LogP contribution in [0.3, 0.4) is 0 Å². The summed E-state index contributed by atoms with van der Waals surface area (Å²) < 4.78 is 43.0. The molecule has 1 N–H and O–H groups in total. The van der Waals surface area contributed by atoms with Gasteiger partial charge in [0.05, 0.1) is 13.2 Å². The molecule has 0 aromatic carbocycles. The van der Waals surface area contributed by atoms with Crippen molar-refractivity contribution in [2.45, 2.75) is 12.3 Å². The Hall–Kier alpha value is -0.330. The maximum absolute atomic E-state index is 11.5. The van der Waals surface area contributed by atoms with E-state index in [-0.39, 0.29) is 13.2 Å². The van der Waals surface area contributed by atoms with Crippen molar-refractivity contribution in [2.75, 3.05) is 26.9 Å². The highest BCUT2D eigenvalue weighted by atomic mass is 19.4. The average molecular weight is 188 g/mol. The highest BCUT2D eigenvalue weighted by Gasteiger charge is 2.27. The van der Waals surface area contributed by atoms with Gasteiger partial charge in [-0.1, -0.05) is 0 Å². The molecule has 0 radical (unpaired) electrons. The number of ether oxygens (including phenoxy) is 2. The highest BCUT2D eigenvalue weighted by Crippen LogP contribution is 2.14. The summed E-state index contributed by atoms with van der Waals surface area (Å²) in [7, 11) is 1.34. The molecule has 0 aliphatic heterocycles. The monoisotopic (exact) mass is 188 g/mol. The fourth-order valence-corrected chi connectivity index (χ4v) is 0.551. The van der Waals surface area contributed by atoms with E-state index in [4.69, 9.17) is 5.11 Å². The highest BCUT2D eigenvalue weighted by molar-refractivity contribution is 4.52. The van der Waals surface area contributed by atoms with Crippen molar-refractivity contribution in [3.05, 3.63) is 0 Å². The van der Waals surface area contributed by atoms with Crippen LogP contribution < -0.4 is 0 Å². The van der Waals surface area contributed by atoms with Gasteiger partial charge in [0.15, 0.2) is 0 Å². The standard InChI is InChI=1S/C6H11F3O3/c1-11-2-5(10)3-12-4-6(7,8)9/h5,10H,2-4H2,1H3. The van der Waals surface area contributed by atoms with E-state index in [1.165, 1.54) is 7.11 Å². The van der Waals surface area contributed by atoms with Crippen LogP contribution in [0.1, 0.15) is 0 Å². The molecule has 0 saturated heterocycles. The fraction of sp³-hybridized carbons (Fsp3) is 1.00. The van der Waals surface area contributed by atoms with Crippen molar-refractivity contribution in [2.24, 2.45) is 0 Å². The number of rotatable bonds is 5. The molecule has 0 heterocycles. The van der Waals surface area contributed by atoms with Gasteiger partial charge in [-0.25, -0.2) is 0 Å². The maximum Gasteiger partial charge on any atom is 0.411 e. The zero-order chi connectivity index (χ0) is 9.61. The lowest BCUT2D eigenvalue weighted by Gasteiger charge is -2.11. The Kier molecular flexibility index (Phi) is 5.19. The minimum absolute atomic E-state index is 0.0299. The Morgan fingerprint density at radius 2 is 1.92 bits per heavy atom. The Bertz CT molecular complexity index is 115. The van der Waals surface area contributed by atoms with Gasteiger partial charge in [0, 0.05) is 7.11 Å². The Morgan fingerprint density at radius 3 is 2.33 bits per heavy atom. The topological polar surface area (TPSA) is 38.7 Å². The van der Waals surface area contributed by atoms with Crippen molar-refractivity contribution in [3.63, 3.8) is 0 Å². The van der Waals surface area contributed by atoms with Gasteiger partial charge in [-0.05, 0) is 0 Å². The summed E-state index contributed by atoms with van der Waals surface area (Å²) in [6, 6.07) is 0. The van der Waals surface area contributed by atoms with Crippen molar-refractivity contribution in [1.29, 1.82) is 0 Å². The Labute approximate surface area is 68.1 Å². The van der Waals surface area contributed by atoms with E-state index in [9.17, 15) is 13.2 Å². The first kappa shape index (κ1) is 11.7. The predicted molar refractivity (Wildman–Crippen MR) is 34.8 cm³/mol. The second-order valence-electron chi connectivity index (χ2n) is 2.24. The van der Waals surface area contributed by atoms with Crippen molar-refractivity contribution in [3.8, 4) is 0 Å². The van der Waals surface area contributed by atoms with E-state index in [1.54, 1.807) is 0 Å². The number of methoxy groups -OCH3 is 1. The van der Waals surface area contributed by atoms with Crippen LogP contribution in [0.25, 0.3) is 0 Å². The third kappa shape index (κ3) is 7.77. The largest absolute Gasteiger partial charge is 0.411 e. The van der Waals surface area contributed by atoms with Crippen molar-refractivity contribution < 1.29 is 27.8 Å². The number of aliphatic hydroxyl groups is 1. The second kappa shape index (κ2) is 5.34. The van der Waals surface area contributed by atoms with Gasteiger partial charge >= 0.3 is 6.18 Å². The summed E-state index contributed by atoms with van der Waals surface area (Å²) in [5, 5.41) is 8.83. The number of aliphatic hydroxyl groups excluding tert-OH is 1. The quantitative estimate of drug-likeness (QED) is 0.685. The first-order valence-corrected chi connectivity index (χ1v) is 3.27. The Morgan fingerprint density at radius 1 is 1.33 bits per heavy atom. The van der Waals surface area contributed by atoms with E-state index in [0.717, 1.165) is 0 Å². The third-order valence-electron chi connectivity index (χ3n) is 0.935. The molecule has 0 fully saturated rings. The van der Waals surface area contributed by atoms with Gasteiger partial charge in [0.1, 0.15) is 12.7 Å². The number of halogens is 3. The van der Waals surface area contributed by atoms with Crippen LogP contribution in [0.4, 0.5) is 13.2 Å². The first-order valence-electron chi connectivity index (χ1n) is 3.27. The smallest absolute Gasteiger partial charge is 0.388 e. The normalized spacial score (nSPS) is 14.8. The van der Waals surface area contributed by atoms with Gasteiger partial charge in [-0.3, -0.25) is 0 Å². The lowest BCUT2D eigenvalue weighted by atomic mass is 10.4. The summed E-state index contributed by atoms with van der Waals surface area (Å²) in [5.41, 5.74) is 0. The van der Waals surface area contributed by atoms with E-state index in [2.05, 4.69) is 9.47 Å². The van der Waals surface area contributed by atoms with Gasteiger partial charge < -0.3 is 14.6 Å². The molecule has 0 rings (SSSR count). The van der Waals surface area contributed by atoms with Crippen LogP contribution in [0.5, 0.6) is 0 Å². The molecule has 74 valence electrons. The van der Waals surface area contributed by atoms with E-state index < -0.39 is 18.9 Å².